The van der Waals surface area contributed by atoms with E-state index in [0.29, 0.717) is 0 Å². The molecule has 1 rings (SSSR count). The van der Waals surface area contributed by atoms with Crippen LogP contribution in [0.4, 0.5) is 0 Å². The minimum Gasteiger partial charge on any atom is -0.504 e. The van der Waals surface area contributed by atoms with Crippen LogP contribution in [0.25, 0.3) is 10.4 Å². The fourth-order valence-corrected chi connectivity index (χ4v) is 1.50. The topological polar surface area (TPSA) is 122 Å². The van der Waals surface area contributed by atoms with Gasteiger partial charge < -0.3 is 14.6 Å². The van der Waals surface area contributed by atoms with E-state index in [1.54, 1.807) is 20.8 Å². The molecule has 0 aliphatic rings. The molecule has 0 aromatic heterocycles. The Balaban J connectivity index is 2.76. The van der Waals surface area contributed by atoms with Crippen LogP contribution in [0.5, 0.6) is 11.5 Å². The predicted molar refractivity (Wildman–Crippen MR) is 77.8 cm³/mol. The van der Waals surface area contributed by atoms with E-state index in [-0.39, 0.29) is 23.6 Å². The van der Waals surface area contributed by atoms with Crippen molar-refractivity contribution in [3.63, 3.8) is 0 Å². The van der Waals surface area contributed by atoms with Crippen molar-refractivity contribution in [1.29, 1.82) is 0 Å². The summed E-state index contributed by atoms with van der Waals surface area (Å²) in [7, 11) is 0. The number of phenolic OH excluding ortho intramolecular Hbond substituents is 1. The molecule has 0 heterocycles. The number of ether oxygens (including phenoxy) is 2. The molecule has 0 amide bonds. The van der Waals surface area contributed by atoms with E-state index in [1.807, 2.05) is 0 Å². The first kappa shape index (κ1) is 17.3. The highest BCUT2D eigenvalue weighted by Gasteiger charge is 2.17. The number of hydrogen-bond donors (Lipinski definition) is 1. The number of rotatable bonds is 6. The van der Waals surface area contributed by atoms with Gasteiger partial charge in [0.2, 0.25) is 0 Å². The highest BCUT2D eigenvalue weighted by molar-refractivity contribution is 5.98. The van der Waals surface area contributed by atoms with Gasteiger partial charge in [-0.3, -0.25) is 4.79 Å². The SMILES string of the molecule is CC(C)(C)OC(=O)COc1cc(C(=O)CN=[N+]=[N-])ccc1O. The number of Topliss-reactive ketones (excluding diaryl/α,β-unsaturated/α-hetero) is 1. The number of carbonyl (C=O) groups excluding carboxylic acids is 2. The van der Waals surface area contributed by atoms with Gasteiger partial charge in [0, 0.05) is 10.5 Å². The zero-order valence-electron chi connectivity index (χ0n) is 12.6. The third-order valence-corrected chi connectivity index (χ3v) is 2.32. The predicted octanol–water partition coefficient (Wildman–Crippen LogP) is 2.61. The van der Waals surface area contributed by atoms with Gasteiger partial charge in [-0.1, -0.05) is 5.11 Å². The summed E-state index contributed by atoms with van der Waals surface area (Å²) < 4.78 is 10.2. The van der Waals surface area contributed by atoms with Crippen LogP contribution in [0.15, 0.2) is 23.3 Å². The molecule has 0 atom stereocenters. The van der Waals surface area contributed by atoms with Crippen molar-refractivity contribution in [1.82, 2.24) is 0 Å². The first-order valence-corrected chi connectivity index (χ1v) is 6.44. The second-order valence-electron chi connectivity index (χ2n) is 5.37. The molecule has 1 aromatic rings. The molecule has 0 bridgehead atoms. The van der Waals surface area contributed by atoms with Gasteiger partial charge in [-0.2, -0.15) is 0 Å². The fourth-order valence-electron chi connectivity index (χ4n) is 1.50. The Morgan fingerprint density at radius 3 is 2.64 bits per heavy atom. The van der Waals surface area contributed by atoms with Crippen LogP contribution in [0, 0.1) is 0 Å². The molecule has 0 aliphatic carbocycles. The van der Waals surface area contributed by atoms with E-state index in [1.165, 1.54) is 18.2 Å². The third kappa shape index (κ3) is 5.72. The second kappa shape index (κ2) is 7.33. The summed E-state index contributed by atoms with van der Waals surface area (Å²) in [6, 6.07) is 3.90. The first-order valence-electron chi connectivity index (χ1n) is 6.44. The Labute approximate surface area is 127 Å². The van der Waals surface area contributed by atoms with Crippen LogP contribution in [0.2, 0.25) is 0 Å². The number of ketones is 1. The zero-order valence-corrected chi connectivity index (χ0v) is 12.6. The maximum Gasteiger partial charge on any atom is 0.344 e. The molecular weight excluding hydrogens is 290 g/mol. The Bertz CT molecular complexity index is 615. The number of phenols is 1. The lowest BCUT2D eigenvalue weighted by Gasteiger charge is -2.19. The standard InChI is InChI=1S/C14H17N3O5/c1-14(2,3)22-13(20)8-21-12-6-9(4-5-10(12)18)11(19)7-16-17-15/h4-6,18H,7-8H2,1-3H3. The van der Waals surface area contributed by atoms with E-state index in [4.69, 9.17) is 15.0 Å². The molecule has 0 fully saturated rings. The molecular formula is C14H17N3O5. The number of azide groups is 1. The Morgan fingerprint density at radius 1 is 1.36 bits per heavy atom. The Morgan fingerprint density at radius 2 is 2.05 bits per heavy atom. The van der Waals surface area contributed by atoms with Crippen LogP contribution in [0.3, 0.4) is 0 Å². The molecule has 118 valence electrons. The van der Waals surface area contributed by atoms with Gasteiger partial charge in [-0.05, 0) is 44.5 Å². The molecule has 8 nitrogen and oxygen atoms in total. The number of hydrogen-bond acceptors (Lipinski definition) is 6. The number of nitrogens with zero attached hydrogens (tertiary/aromatic N) is 3. The number of esters is 1. The molecule has 0 saturated heterocycles. The van der Waals surface area contributed by atoms with Crippen LogP contribution < -0.4 is 4.74 Å². The molecule has 1 N–H and O–H groups in total. The highest BCUT2D eigenvalue weighted by Crippen LogP contribution is 2.27. The summed E-state index contributed by atoms with van der Waals surface area (Å²) in [6.07, 6.45) is 0. The van der Waals surface area contributed by atoms with E-state index in [9.17, 15) is 14.7 Å². The minimum absolute atomic E-state index is 0.0300. The number of aromatic hydroxyl groups is 1. The monoisotopic (exact) mass is 307 g/mol. The summed E-state index contributed by atoms with van der Waals surface area (Å²) in [6.45, 7) is 4.41. The maximum atomic E-state index is 11.7. The van der Waals surface area contributed by atoms with E-state index >= 15 is 0 Å². The lowest BCUT2D eigenvalue weighted by Crippen LogP contribution is -2.27. The van der Waals surface area contributed by atoms with Crippen molar-refractivity contribution in [2.75, 3.05) is 13.2 Å². The normalized spacial score (nSPS) is 10.5. The number of benzene rings is 1. The van der Waals surface area contributed by atoms with Gasteiger partial charge in [-0.15, -0.1) is 0 Å². The maximum absolute atomic E-state index is 11.7. The van der Waals surface area contributed by atoms with Crippen molar-refractivity contribution >= 4 is 11.8 Å². The van der Waals surface area contributed by atoms with Crippen molar-refractivity contribution in [2.45, 2.75) is 26.4 Å². The summed E-state index contributed by atoms with van der Waals surface area (Å²) in [5.74, 6) is -1.28. The zero-order chi connectivity index (χ0) is 16.8. The summed E-state index contributed by atoms with van der Waals surface area (Å²) in [4.78, 5) is 25.7. The van der Waals surface area contributed by atoms with Crippen molar-refractivity contribution in [2.24, 2.45) is 5.11 Å². The average molecular weight is 307 g/mol. The van der Waals surface area contributed by atoms with Gasteiger partial charge in [0.25, 0.3) is 0 Å². The van der Waals surface area contributed by atoms with Crippen LogP contribution in [-0.4, -0.2) is 35.6 Å². The highest BCUT2D eigenvalue weighted by atomic mass is 16.6. The fraction of sp³-hybridized carbons (Fsp3) is 0.429. The van der Waals surface area contributed by atoms with Crippen LogP contribution in [0.1, 0.15) is 31.1 Å². The van der Waals surface area contributed by atoms with Gasteiger partial charge in [0.1, 0.15) is 5.60 Å². The molecule has 0 unspecified atom stereocenters. The van der Waals surface area contributed by atoms with E-state index in [0.717, 1.165) is 0 Å². The lowest BCUT2D eigenvalue weighted by atomic mass is 10.1. The van der Waals surface area contributed by atoms with Crippen LogP contribution >= 0.6 is 0 Å². The summed E-state index contributed by atoms with van der Waals surface area (Å²) in [5, 5.41) is 12.8. The van der Waals surface area contributed by atoms with Crippen molar-refractivity contribution in [3.8, 4) is 11.5 Å². The van der Waals surface area contributed by atoms with Crippen molar-refractivity contribution < 1.29 is 24.2 Å². The third-order valence-electron chi connectivity index (χ3n) is 2.32. The van der Waals surface area contributed by atoms with Crippen molar-refractivity contribution in [3.05, 3.63) is 34.2 Å². The molecule has 0 radical (unpaired) electrons. The van der Waals surface area contributed by atoms with Gasteiger partial charge in [0.15, 0.2) is 23.9 Å². The largest absolute Gasteiger partial charge is 0.504 e. The summed E-state index contributed by atoms with van der Waals surface area (Å²) >= 11 is 0. The van der Waals surface area contributed by atoms with Gasteiger partial charge in [-0.25, -0.2) is 4.79 Å². The van der Waals surface area contributed by atoms with Gasteiger partial charge >= 0.3 is 5.97 Å². The van der Waals surface area contributed by atoms with Crippen LogP contribution in [-0.2, 0) is 9.53 Å². The molecule has 0 aliphatic heterocycles. The molecule has 8 heteroatoms. The molecule has 1 aromatic carbocycles. The molecule has 22 heavy (non-hydrogen) atoms. The first-order chi connectivity index (χ1) is 10.2. The Hall–Kier alpha value is -2.73. The smallest absolute Gasteiger partial charge is 0.344 e. The molecule has 0 saturated carbocycles. The second-order valence-corrected chi connectivity index (χ2v) is 5.37. The minimum atomic E-state index is -0.643. The number of carbonyl (C=O) groups is 2. The summed E-state index contributed by atoms with van der Waals surface area (Å²) in [5.41, 5.74) is 7.74. The van der Waals surface area contributed by atoms with E-state index in [2.05, 4.69) is 10.0 Å². The van der Waals surface area contributed by atoms with Gasteiger partial charge in [0.05, 0.1) is 6.54 Å². The van der Waals surface area contributed by atoms with E-state index < -0.39 is 24.0 Å². The quantitative estimate of drug-likeness (QED) is 0.284. The lowest BCUT2D eigenvalue weighted by molar-refractivity contribution is -0.157. The Kier molecular flexibility index (Phi) is 5.77. The molecule has 0 spiro atoms. The average Bonchev–Trinajstić information content (AvgIpc) is 2.42.